The summed E-state index contributed by atoms with van der Waals surface area (Å²) in [5, 5.41) is 6.84. The highest BCUT2D eigenvalue weighted by atomic mass is 15.2. The van der Waals surface area contributed by atoms with Gasteiger partial charge in [-0.1, -0.05) is 25.0 Å². The molecule has 16 heavy (non-hydrogen) atoms. The van der Waals surface area contributed by atoms with E-state index in [1.807, 2.05) is 7.05 Å². The van der Waals surface area contributed by atoms with Crippen molar-refractivity contribution in [1.82, 2.24) is 10.6 Å². The van der Waals surface area contributed by atoms with Crippen LogP contribution < -0.4 is 10.6 Å². The van der Waals surface area contributed by atoms with Gasteiger partial charge in [-0.15, -0.1) is 0 Å². The zero-order valence-electron chi connectivity index (χ0n) is 10.2. The average molecular weight is 221 g/mol. The lowest BCUT2D eigenvalue weighted by molar-refractivity contribution is 0.612. The van der Waals surface area contributed by atoms with Gasteiger partial charge >= 0.3 is 0 Å². The number of rotatable bonds is 5. The molecule has 0 amide bonds. The molecule has 0 heterocycles. The average Bonchev–Trinajstić information content (AvgIpc) is 2.99. The van der Waals surface area contributed by atoms with Gasteiger partial charge in [-0.2, -0.15) is 0 Å². The van der Waals surface area contributed by atoms with E-state index in [1.165, 1.54) is 25.7 Å². The minimum Gasteiger partial charge on any atom is -0.356 e. The topological polar surface area (TPSA) is 36.4 Å². The molecule has 3 heteroatoms. The van der Waals surface area contributed by atoms with Gasteiger partial charge in [-0.05, 0) is 31.6 Å². The Labute approximate surface area is 98.4 Å². The number of aliphatic imine (C=N–C) groups is 1. The first-order valence-corrected chi connectivity index (χ1v) is 6.50. The van der Waals surface area contributed by atoms with E-state index in [2.05, 4.69) is 27.8 Å². The fourth-order valence-electron chi connectivity index (χ4n) is 2.13. The van der Waals surface area contributed by atoms with E-state index in [9.17, 15) is 0 Å². The largest absolute Gasteiger partial charge is 0.356 e. The molecule has 0 aromatic carbocycles. The Morgan fingerprint density at radius 3 is 2.69 bits per heavy atom. The van der Waals surface area contributed by atoms with Gasteiger partial charge in [0.1, 0.15) is 0 Å². The van der Waals surface area contributed by atoms with E-state index in [0.29, 0.717) is 6.04 Å². The molecule has 2 N–H and O–H groups in total. The molecular formula is C13H23N3. The number of nitrogens with one attached hydrogen (secondary N) is 2. The lowest BCUT2D eigenvalue weighted by Crippen LogP contribution is -2.42. The second-order valence-electron chi connectivity index (χ2n) is 4.87. The van der Waals surface area contributed by atoms with Gasteiger partial charge < -0.3 is 10.6 Å². The van der Waals surface area contributed by atoms with Crippen molar-refractivity contribution in [2.75, 3.05) is 13.6 Å². The normalized spacial score (nSPS) is 21.4. The van der Waals surface area contributed by atoms with E-state index in [-0.39, 0.29) is 0 Å². The second kappa shape index (κ2) is 5.92. The van der Waals surface area contributed by atoms with Crippen LogP contribution >= 0.6 is 0 Å². The zero-order valence-corrected chi connectivity index (χ0v) is 10.2. The molecule has 0 aliphatic heterocycles. The highest BCUT2D eigenvalue weighted by molar-refractivity contribution is 5.80. The summed E-state index contributed by atoms with van der Waals surface area (Å²) in [5.41, 5.74) is 0. The van der Waals surface area contributed by atoms with Crippen molar-refractivity contribution in [1.29, 1.82) is 0 Å². The van der Waals surface area contributed by atoms with Crippen molar-refractivity contribution in [3.05, 3.63) is 12.2 Å². The maximum atomic E-state index is 4.25. The van der Waals surface area contributed by atoms with Crippen LogP contribution in [0.1, 0.15) is 38.5 Å². The number of guanidine groups is 1. The van der Waals surface area contributed by atoms with E-state index in [0.717, 1.165) is 31.3 Å². The smallest absolute Gasteiger partial charge is 0.191 e. The summed E-state index contributed by atoms with van der Waals surface area (Å²) in [6.45, 7) is 1.05. The molecule has 0 spiro atoms. The van der Waals surface area contributed by atoms with E-state index in [4.69, 9.17) is 0 Å². The lowest BCUT2D eigenvalue weighted by atomic mass is 10.2. The summed E-state index contributed by atoms with van der Waals surface area (Å²) in [5.74, 6) is 2.00. The van der Waals surface area contributed by atoms with E-state index >= 15 is 0 Å². The van der Waals surface area contributed by atoms with Crippen molar-refractivity contribution < 1.29 is 0 Å². The standard InChI is InChI=1S/C13H23N3/c1-14-13(16-12-6-2-3-7-12)15-10-4-5-11-8-9-11/h2-3,11-12H,4-10H2,1H3,(H2,14,15,16). The molecule has 0 atom stereocenters. The molecule has 1 fully saturated rings. The third-order valence-corrected chi connectivity index (χ3v) is 3.35. The molecule has 0 unspecified atom stereocenters. The summed E-state index contributed by atoms with van der Waals surface area (Å²) in [4.78, 5) is 4.25. The maximum Gasteiger partial charge on any atom is 0.191 e. The molecule has 2 rings (SSSR count). The monoisotopic (exact) mass is 221 g/mol. The van der Waals surface area contributed by atoms with Crippen LogP contribution in [-0.2, 0) is 0 Å². The first kappa shape index (κ1) is 11.5. The van der Waals surface area contributed by atoms with E-state index in [1.54, 1.807) is 0 Å². The van der Waals surface area contributed by atoms with Crippen molar-refractivity contribution in [2.45, 2.75) is 44.6 Å². The van der Waals surface area contributed by atoms with Gasteiger partial charge in [-0.25, -0.2) is 0 Å². The Balaban J connectivity index is 1.57. The van der Waals surface area contributed by atoms with Crippen molar-refractivity contribution in [3.63, 3.8) is 0 Å². The molecular weight excluding hydrogens is 198 g/mol. The zero-order chi connectivity index (χ0) is 11.2. The summed E-state index contributed by atoms with van der Waals surface area (Å²) < 4.78 is 0. The van der Waals surface area contributed by atoms with Gasteiger partial charge in [0.05, 0.1) is 0 Å². The number of hydrogen-bond donors (Lipinski definition) is 2. The number of hydrogen-bond acceptors (Lipinski definition) is 1. The van der Waals surface area contributed by atoms with Crippen molar-refractivity contribution >= 4 is 5.96 Å². The van der Waals surface area contributed by atoms with Crippen molar-refractivity contribution in [2.24, 2.45) is 10.9 Å². The lowest BCUT2D eigenvalue weighted by Gasteiger charge is -2.16. The van der Waals surface area contributed by atoms with Gasteiger partial charge in [0.2, 0.25) is 0 Å². The third kappa shape index (κ3) is 3.87. The van der Waals surface area contributed by atoms with Crippen LogP contribution in [-0.4, -0.2) is 25.6 Å². The quantitative estimate of drug-likeness (QED) is 0.323. The Morgan fingerprint density at radius 2 is 2.06 bits per heavy atom. The van der Waals surface area contributed by atoms with Gasteiger partial charge in [0, 0.05) is 19.6 Å². The molecule has 1 saturated carbocycles. The Bertz CT molecular complexity index is 258. The predicted octanol–water partition coefficient (Wildman–Crippen LogP) is 2.06. The van der Waals surface area contributed by atoms with Gasteiger partial charge in [0.25, 0.3) is 0 Å². The predicted molar refractivity (Wildman–Crippen MR) is 68.6 cm³/mol. The highest BCUT2D eigenvalue weighted by Gasteiger charge is 2.20. The Hall–Kier alpha value is -0.990. The van der Waals surface area contributed by atoms with Crippen LogP contribution in [0.4, 0.5) is 0 Å². The molecule has 0 aromatic heterocycles. The minimum atomic E-state index is 0.551. The molecule has 0 bridgehead atoms. The van der Waals surface area contributed by atoms with Crippen LogP contribution in [0.25, 0.3) is 0 Å². The molecule has 3 nitrogen and oxygen atoms in total. The van der Waals surface area contributed by atoms with Crippen LogP contribution in [0.3, 0.4) is 0 Å². The first-order valence-electron chi connectivity index (χ1n) is 6.50. The van der Waals surface area contributed by atoms with Crippen LogP contribution in [0.15, 0.2) is 17.1 Å². The molecule has 0 radical (unpaired) electrons. The van der Waals surface area contributed by atoms with Crippen LogP contribution in [0.5, 0.6) is 0 Å². The Kier molecular flexibility index (Phi) is 4.25. The summed E-state index contributed by atoms with van der Waals surface area (Å²) in [7, 11) is 1.85. The van der Waals surface area contributed by atoms with Gasteiger partial charge in [-0.3, -0.25) is 4.99 Å². The minimum absolute atomic E-state index is 0.551. The molecule has 0 aromatic rings. The third-order valence-electron chi connectivity index (χ3n) is 3.35. The van der Waals surface area contributed by atoms with Gasteiger partial charge in [0.15, 0.2) is 5.96 Å². The van der Waals surface area contributed by atoms with E-state index < -0.39 is 0 Å². The van der Waals surface area contributed by atoms with Crippen LogP contribution in [0.2, 0.25) is 0 Å². The van der Waals surface area contributed by atoms with Crippen LogP contribution in [0, 0.1) is 5.92 Å². The fourth-order valence-corrected chi connectivity index (χ4v) is 2.13. The molecule has 2 aliphatic carbocycles. The molecule has 90 valence electrons. The maximum absolute atomic E-state index is 4.25. The molecule has 2 aliphatic rings. The molecule has 0 saturated heterocycles. The Morgan fingerprint density at radius 1 is 1.31 bits per heavy atom. The van der Waals surface area contributed by atoms with Crippen molar-refractivity contribution in [3.8, 4) is 0 Å². The second-order valence-corrected chi connectivity index (χ2v) is 4.87. The highest BCUT2D eigenvalue weighted by Crippen LogP contribution is 2.33. The summed E-state index contributed by atoms with van der Waals surface area (Å²) >= 11 is 0. The summed E-state index contributed by atoms with van der Waals surface area (Å²) in [6, 6.07) is 0.551. The SMILES string of the molecule is CN=C(NCCCC1CC1)NC1CC=CC1. The fraction of sp³-hybridized carbons (Fsp3) is 0.769. The summed E-state index contributed by atoms with van der Waals surface area (Å²) in [6.07, 6.45) is 12.3. The number of nitrogens with zero attached hydrogens (tertiary/aromatic N) is 1. The first-order chi connectivity index (χ1) is 7.88.